The Kier molecular flexibility index (Phi) is 25.4. The molecule has 0 radical (unpaired) electrons. The van der Waals surface area contributed by atoms with Crippen LogP contribution in [0.5, 0.6) is 0 Å². The number of benzene rings is 1. The van der Waals surface area contributed by atoms with Crippen molar-refractivity contribution in [2.45, 2.75) is 71.1 Å². The van der Waals surface area contributed by atoms with Crippen LogP contribution in [0.15, 0.2) is 36.4 Å². The van der Waals surface area contributed by atoms with Crippen molar-refractivity contribution in [1.29, 1.82) is 0 Å². The Balaban J connectivity index is 1.73. The number of alkyl carbamates (subject to hydrolysis) is 1. The average Bonchev–Trinajstić information content (AvgIpc) is 3.54. The summed E-state index contributed by atoms with van der Waals surface area (Å²) in [5, 5.41) is 13.3. The van der Waals surface area contributed by atoms with Gasteiger partial charge in [-0.15, -0.1) is 0 Å². The predicted octanol–water partition coefficient (Wildman–Crippen LogP) is 0.321. The molecular weight excluding hydrogens is 802 g/mol. The molecule has 0 spiro atoms. The molecule has 9 amide bonds. The van der Waals surface area contributed by atoms with E-state index in [9.17, 15) is 38.4 Å². The summed E-state index contributed by atoms with van der Waals surface area (Å²) in [7, 11) is 1.54. The summed E-state index contributed by atoms with van der Waals surface area (Å²) in [6.07, 6.45) is 3.36. The van der Waals surface area contributed by atoms with E-state index < -0.39 is 42.1 Å². The van der Waals surface area contributed by atoms with Gasteiger partial charge in [0, 0.05) is 50.9 Å². The van der Waals surface area contributed by atoms with Crippen molar-refractivity contribution in [3.05, 3.63) is 42.0 Å². The first kappa shape index (κ1) is 51.3. The third kappa shape index (κ3) is 22.9. The lowest BCUT2D eigenvalue weighted by atomic mass is 10.0. The molecule has 1 heterocycles. The first-order chi connectivity index (χ1) is 29.3. The summed E-state index contributed by atoms with van der Waals surface area (Å²) < 4.78 is 26.1. The Bertz CT molecular complexity index is 1580. The van der Waals surface area contributed by atoms with Gasteiger partial charge >= 0.3 is 18.2 Å². The normalized spacial score (nSPS) is 13.0. The van der Waals surface area contributed by atoms with Crippen LogP contribution in [-0.4, -0.2) is 138 Å². The van der Waals surface area contributed by atoms with Crippen LogP contribution < -0.4 is 43.2 Å². The molecule has 1 aliphatic rings. The zero-order chi connectivity index (χ0) is 44.8. The van der Waals surface area contributed by atoms with E-state index in [0.717, 1.165) is 4.90 Å². The molecule has 9 N–H and O–H groups in total. The fraction of sp³-hybridized carbons (Fsp3) is 0.590. The second-order valence-corrected chi connectivity index (χ2v) is 13.8. The molecule has 2 rings (SSSR count). The van der Waals surface area contributed by atoms with Gasteiger partial charge in [0.05, 0.1) is 39.6 Å². The highest BCUT2D eigenvalue weighted by atomic mass is 16.6. The molecule has 0 unspecified atom stereocenters. The van der Waals surface area contributed by atoms with E-state index in [0.29, 0.717) is 63.4 Å². The van der Waals surface area contributed by atoms with Crippen LogP contribution in [0.2, 0.25) is 0 Å². The van der Waals surface area contributed by atoms with Crippen LogP contribution in [0, 0.1) is 5.92 Å². The smallest absolute Gasteiger partial charge is 0.421 e. The number of nitrogens with two attached hydrogens (primary N) is 1. The Hall–Kier alpha value is -5.84. The van der Waals surface area contributed by atoms with Crippen molar-refractivity contribution in [3.63, 3.8) is 0 Å². The number of ether oxygens (including phenoxy) is 5. The number of nitrogens with one attached hydrogen (secondary N) is 7. The first-order valence-electron chi connectivity index (χ1n) is 20.1. The molecule has 2 atom stereocenters. The molecule has 0 saturated carbocycles. The summed E-state index contributed by atoms with van der Waals surface area (Å²) in [6.45, 7) is 5.98. The van der Waals surface area contributed by atoms with Crippen LogP contribution in [0.1, 0.15) is 57.9 Å². The SMILES string of the molecule is CNNC(=O)OCCOCCOCCOCCNC(=O)OCc1ccc(NC(=O)[C@H](CCCNC(N)=O)NC(=O)[C@@H](NC(=O)CCCCCN2C(=O)C=CC2=O)C(C)C)cc1. The fourth-order valence-electron chi connectivity index (χ4n) is 5.42. The first-order valence-corrected chi connectivity index (χ1v) is 20.1. The number of hydrogen-bond donors (Lipinski definition) is 8. The summed E-state index contributed by atoms with van der Waals surface area (Å²) >= 11 is 0. The number of amides is 9. The number of hydrogen-bond acceptors (Lipinski definition) is 14. The van der Waals surface area contributed by atoms with Crippen molar-refractivity contribution in [2.75, 3.05) is 78.2 Å². The number of nitrogens with zero attached hydrogens (tertiary/aromatic N) is 1. The lowest BCUT2D eigenvalue weighted by molar-refractivity contribution is -0.137. The number of anilines is 1. The zero-order valence-electron chi connectivity index (χ0n) is 35.0. The van der Waals surface area contributed by atoms with Gasteiger partial charge in [-0.1, -0.05) is 32.4 Å². The van der Waals surface area contributed by atoms with E-state index in [4.69, 9.17) is 29.4 Å². The molecule has 22 nitrogen and oxygen atoms in total. The number of rotatable bonds is 31. The summed E-state index contributed by atoms with van der Waals surface area (Å²) in [6, 6.07) is 3.83. The number of urea groups is 1. The Morgan fingerprint density at radius 1 is 0.705 bits per heavy atom. The highest BCUT2D eigenvalue weighted by Gasteiger charge is 2.29. The van der Waals surface area contributed by atoms with E-state index in [1.54, 1.807) is 45.2 Å². The summed E-state index contributed by atoms with van der Waals surface area (Å²) in [4.78, 5) is 98.6. The molecule has 0 aromatic heterocycles. The Morgan fingerprint density at radius 3 is 1.97 bits per heavy atom. The fourth-order valence-corrected chi connectivity index (χ4v) is 5.42. The van der Waals surface area contributed by atoms with Crippen molar-refractivity contribution < 1.29 is 62.0 Å². The van der Waals surface area contributed by atoms with Crippen molar-refractivity contribution in [1.82, 2.24) is 37.0 Å². The van der Waals surface area contributed by atoms with Crippen LogP contribution >= 0.6 is 0 Å². The minimum Gasteiger partial charge on any atom is -0.446 e. The summed E-state index contributed by atoms with van der Waals surface area (Å²) in [5.74, 6) is -2.49. The standard InChI is InChI=1S/C39H61N9O13/c1-27(2)34(46-31(49)9-5-4-6-18-48-32(50)14-15-33(48)51)36(53)45-30(8-7-16-42-37(40)54)35(52)44-29-12-10-28(11-13-29)26-61-38(55)43-17-19-57-20-21-58-22-23-59-24-25-60-39(56)47-41-3/h10-15,27,30,34,41H,4-9,16-26H2,1-3H3,(H,43,55)(H,44,52)(H,45,53)(H,46,49)(H,47,56)(H3,40,42,54)/t30-,34-/m0/s1. The topological polar surface area (TPSA) is 296 Å². The zero-order valence-corrected chi connectivity index (χ0v) is 35.0. The Labute approximate surface area is 355 Å². The van der Waals surface area contributed by atoms with Gasteiger partial charge in [0.2, 0.25) is 17.7 Å². The van der Waals surface area contributed by atoms with E-state index in [-0.39, 0.29) is 82.5 Å². The molecule has 0 aliphatic carbocycles. The number of imide groups is 1. The highest BCUT2D eigenvalue weighted by Crippen LogP contribution is 2.13. The molecule has 0 fully saturated rings. The highest BCUT2D eigenvalue weighted by molar-refractivity contribution is 6.12. The van der Waals surface area contributed by atoms with Crippen LogP contribution in [0.25, 0.3) is 0 Å². The molecule has 0 saturated heterocycles. The molecule has 1 aromatic rings. The summed E-state index contributed by atoms with van der Waals surface area (Å²) in [5.41, 5.74) is 10.9. The van der Waals surface area contributed by atoms with Crippen molar-refractivity contribution >= 4 is 53.4 Å². The maximum Gasteiger partial charge on any atom is 0.421 e. The molecule has 1 aliphatic heterocycles. The molecule has 22 heteroatoms. The van der Waals surface area contributed by atoms with Crippen molar-refractivity contribution in [3.8, 4) is 0 Å². The second-order valence-electron chi connectivity index (χ2n) is 13.8. The molecule has 0 bridgehead atoms. The third-order valence-electron chi connectivity index (χ3n) is 8.59. The van der Waals surface area contributed by atoms with Gasteiger partial charge in [-0.2, -0.15) is 0 Å². The maximum atomic E-state index is 13.4. The lowest BCUT2D eigenvalue weighted by Gasteiger charge is -2.25. The van der Waals surface area contributed by atoms with Gasteiger partial charge in [-0.25, -0.2) is 19.8 Å². The van der Waals surface area contributed by atoms with Gasteiger partial charge in [0.25, 0.3) is 11.8 Å². The van der Waals surface area contributed by atoms with E-state index in [1.165, 1.54) is 12.2 Å². The number of unbranched alkanes of at least 4 members (excludes halogenated alkanes) is 2. The third-order valence-corrected chi connectivity index (χ3v) is 8.59. The van der Waals surface area contributed by atoms with Gasteiger partial charge in [-0.05, 0) is 49.3 Å². The molecule has 340 valence electrons. The van der Waals surface area contributed by atoms with Gasteiger partial charge < -0.3 is 56.0 Å². The number of hydrazine groups is 1. The predicted molar refractivity (Wildman–Crippen MR) is 219 cm³/mol. The number of carbonyl (C=O) groups is 8. The monoisotopic (exact) mass is 863 g/mol. The molecular formula is C39H61N9O13. The van der Waals surface area contributed by atoms with Crippen LogP contribution in [0.3, 0.4) is 0 Å². The van der Waals surface area contributed by atoms with E-state index >= 15 is 0 Å². The minimum atomic E-state index is -1.04. The Morgan fingerprint density at radius 2 is 1.34 bits per heavy atom. The van der Waals surface area contributed by atoms with Gasteiger partial charge in [-0.3, -0.25) is 34.3 Å². The van der Waals surface area contributed by atoms with Crippen LogP contribution in [-0.2, 0) is 54.3 Å². The second kappa shape index (κ2) is 30.2. The minimum absolute atomic E-state index is 0.0434. The van der Waals surface area contributed by atoms with E-state index in [1.807, 2.05) is 0 Å². The molecule has 1 aromatic carbocycles. The quantitative estimate of drug-likeness (QED) is 0.0284. The van der Waals surface area contributed by atoms with Crippen molar-refractivity contribution in [2.24, 2.45) is 11.7 Å². The van der Waals surface area contributed by atoms with Gasteiger partial charge in [0.15, 0.2) is 0 Å². The van der Waals surface area contributed by atoms with Crippen LogP contribution in [0.4, 0.5) is 20.1 Å². The number of carbonyl (C=O) groups excluding carboxylic acids is 8. The van der Waals surface area contributed by atoms with E-state index in [2.05, 4.69) is 37.4 Å². The lowest BCUT2D eigenvalue weighted by Crippen LogP contribution is -2.54. The van der Waals surface area contributed by atoms with Gasteiger partial charge in [0.1, 0.15) is 25.3 Å². The largest absolute Gasteiger partial charge is 0.446 e. The maximum absolute atomic E-state index is 13.4. The average molecular weight is 864 g/mol. The number of primary amides is 1. The molecule has 61 heavy (non-hydrogen) atoms.